The number of benzene rings is 7. The monoisotopic (exact) mass is 684 g/mol. The molecule has 0 amide bonds. The van der Waals surface area contributed by atoms with Crippen LogP contribution in [0.15, 0.2) is 146 Å². The van der Waals surface area contributed by atoms with Crippen molar-refractivity contribution in [2.24, 2.45) is 0 Å². The summed E-state index contributed by atoms with van der Waals surface area (Å²) < 4.78 is 2.51. The van der Waals surface area contributed by atoms with E-state index >= 15 is 0 Å². The smallest absolute Gasteiger partial charge is 0.164 e. The maximum atomic E-state index is 5.12. The third kappa shape index (κ3) is 5.00. The summed E-state index contributed by atoms with van der Waals surface area (Å²) in [5.74, 6) is 1.98. The highest BCUT2D eigenvalue weighted by Crippen LogP contribution is 2.49. The average Bonchev–Trinajstić information content (AvgIpc) is 3.53. The van der Waals surface area contributed by atoms with Crippen LogP contribution in [0.25, 0.3) is 83.2 Å². The molecule has 53 heavy (non-hydrogen) atoms. The molecule has 0 aliphatic heterocycles. The number of nitrogens with zero attached hydrogens (tertiary/aromatic N) is 4. The van der Waals surface area contributed by atoms with Gasteiger partial charge in [0.15, 0.2) is 17.5 Å². The van der Waals surface area contributed by atoms with Crippen molar-refractivity contribution in [3.63, 3.8) is 0 Å². The van der Waals surface area contributed by atoms with Crippen molar-refractivity contribution >= 4 is 43.4 Å². The van der Waals surface area contributed by atoms with Crippen LogP contribution in [0.1, 0.15) is 51.7 Å². The van der Waals surface area contributed by atoms with Gasteiger partial charge in [-0.3, -0.25) is 0 Å². The molecule has 2 heterocycles. The van der Waals surface area contributed by atoms with Crippen molar-refractivity contribution in [1.82, 2.24) is 19.5 Å². The first-order valence-electron chi connectivity index (χ1n) is 18.7. The van der Waals surface area contributed by atoms with Gasteiger partial charge in [0.1, 0.15) is 0 Å². The van der Waals surface area contributed by atoms with Crippen LogP contribution in [0, 0.1) is 0 Å². The number of fused-ring (bicyclic) bond motifs is 7. The van der Waals surface area contributed by atoms with E-state index in [4.69, 9.17) is 15.0 Å². The summed E-state index contributed by atoms with van der Waals surface area (Å²) in [7, 11) is 0. The molecule has 0 saturated heterocycles. The van der Waals surface area contributed by atoms with Gasteiger partial charge in [-0.15, -0.1) is 0 Å². The molecule has 9 aromatic rings. The van der Waals surface area contributed by atoms with E-state index in [1.807, 2.05) is 36.4 Å². The zero-order chi connectivity index (χ0) is 35.9. The third-order valence-corrected chi connectivity index (χ3v) is 11.7. The second-order valence-corrected chi connectivity index (χ2v) is 15.9. The summed E-state index contributed by atoms with van der Waals surface area (Å²) in [6.45, 7) is 9.68. The molecular formula is C49H40N4. The summed E-state index contributed by atoms with van der Waals surface area (Å²) in [4.78, 5) is 15.2. The van der Waals surface area contributed by atoms with E-state index in [-0.39, 0.29) is 10.8 Å². The van der Waals surface area contributed by atoms with Crippen LogP contribution >= 0.6 is 0 Å². The fraction of sp³-hybridized carbons (Fsp3) is 0.163. The second-order valence-electron chi connectivity index (χ2n) is 15.9. The van der Waals surface area contributed by atoms with Gasteiger partial charge >= 0.3 is 0 Å². The summed E-state index contributed by atoms with van der Waals surface area (Å²) in [5, 5.41) is 7.42. The highest BCUT2D eigenvalue weighted by Gasteiger charge is 2.38. The Balaban J connectivity index is 1.27. The number of aromatic nitrogens is 4. The molecule has 0 spiro atoms. The van der Waals surface area contributed by atoms with E-state index in [9.17, 15) is 0 Å². The molecule has 0 N–H and O–H groups in total. The minimum Gasteiger partial charge on any atom is -0.309 e. The first kappa shape index (κ1) is 31.6. The predicted octanol–water partition coefficient (Wildman–Crippen LogP) is 12.6. The maximum Gasteiger partial charge on any atom is 0.164 e. The molecule has 1 aliphatic carbocycles. The van der Waals surface area contributed by atoms with Gasteiger partial charge in [-0.05, 0) is 81.3 Å². The number of hydrogen-bond donors (Lipinski definition) is 0. The van der Waals surface area contributed by atoms with Crippen molar-refractivity contribution in [2.45, 2.75) is 51.4 Å². The quantitative estimate of drug-likeness (QED) is 0.185. The van der Waals surface area contributed by atoms with Gasteiger partial charge < -0.3 is 4.57 Å². The van der Waals surface area contributed by atoms with Gasteiger partial charge in [-0.2, -0.15) is 0 Å². The lowest BCUT2D eigenvalue weighted by Gasteiger charge is -2.42. The maximum absolute atomic E-state index is 5.12. The van der Waals surface area contributed by atoms with Gasteiger partial charge in [-0.1, -0.05) is 143 Å². The minimum absolute atomic E-state index is 0.0833. The first-order valence-corrected chi connectivity index (χ1v) is 18.7. The molecule has 7 aromatic carbocycles. The van der Waals surface area contributed by atoms with Gasteiger partial charge in [-0.25, -0.2) is 15.0 Å². The Kier molecular flexibility index (Phi) is 6.97. The van der Waals surface area contributed by atoms with Crippen molar-refractivity contribution in [2.75, 3.05) is 0 Å². The molecule has 10 rings (SSSR count). The minimum atomic E-state index is 0.0833. The lowest BCUT2D eigenvalue weighted by molar-refractivity contribution is 0.332. The molecule has 2 aromatic heterocycles. The average molecular weight is 685 g/mol. The van der Waals surface area contributed by atoms with E-state index in [2.05, 4.69) is 141 Å². The van der Waals surface area contributed by atoms with Crippen LogP contribution in [-0.2, 0) is 10.8 Å². The van der Waals surface area contributed by atoms with E-state index in [1.54, 1.807) is 0 Å². The molecular weight excluding hydrogens is 645 g/mol. The van der Waals surface area contributed by atoms with E-state index in [0.29, 0.717) is 17.5 Å². The van der Waals surface area contributed by atoms with Crippen LogP contribution in [-0.4, -0.2) is 19.5 Å². The lowest BCUT2D eigenvalue weighted by Crippen LogP contribution is -2.33. The SMILES string of the molecule is CC1(C)CCC(C)(C)c2cc3c(cc21)c1c2ccccc2ccc1n3-c1ccc(-c2nc(-c3ccccc3)nc(-c3ccccc3)n2)c2ccccc12. The second kappa shape index (κ2) is 11.7. The summed E-state index contributed by atoms with van der Waals surface area (Å²) in [6, 6.07) is 52.1. The number of hydrogen-bond acceptors (Lipinski definition) is 3. The van der Waals surface area contributed by atoms with Crippen molar-refractivity contribution < 1.29 is 0 Å². The van der Waals surface area contributed by atoms with Gasteiger partial charge in [0.25, 0.3) is 0 Å². The van der Waals surface area contributed by atoms with Crippen molar-refractivity contribution in [3.05, 3.63) is 157 Å². The number of rotatable bonds is 4. The van der Waals surface area contributed by atoms with Gasteiger partial charge in [0.2, 0.25) is 0 Å². The van der Waals surface area contributed by atoms with Crippen LogP contribution in [0.2, 0.25) is 0 Å². The van der Waals surface area contributed by atoms with Gasteiger partial charge in [0, 0.05) is 32.8 Å². The summed E-state index contributed by atoms with van der Waals surface area (Å²) in [5.41, 5.74) is 9.63. The molecule has 0 atom stereocenters. The van der Waals surface area contributed by atoms with E-state index < -0.39 is 0 Å². The van der Waals surface area contributed by atoms with E-state index in [1.165, 1.54) is 56.5 Å². The Bertz CT molecular complexity index is 2820. The zero-order valence-electron chi connectivity index (χ0n) is 30.6. The Labute approximate surface area is 309 Å². The van der Waals surface area contributed by atoms with Crippen LogP contribution in [0.5, 0.6) is 0 Å². The van der Waals surface area contributed by atoms with Crippen LogP contribution in [0.3, 0.4) is 0 Å². The standard InChI is InChI=1S/C49H40N4/c1-48(2)27-28-49(3,4)40-30-43-38(29-39(40)48)44-34-20-12-11-15-31(34)23-25-42(44)53(43)41-26-24-37(35-21-13-14-22-36(35)41)47-51-45(32-16-7-5-8-17-32)50-46(52-47)33-18-9-6-10-19-33/h5-26,29-30H,27-28H2,1-4H3. The summed E-state index contributed by atoms with van der Waals surface area (Å²) >= 11 is 0. The zero-order valence-corrected chi connectivity index (χ0v) is 30.6. The molecule has 0 unspecified atom stereocenters. The van der Waals surface area contributed by atoms with Gasteiger partial charge in [0.05, 0.1) is 16.7 Å². The fourth-order valence-corrected chi connectivity index (χ4v) is 8.71. The first-order chi connectivity index (χ1) is 25.8. The fourth-order valence-electron chi connectivity index (χ4n) is 8.71. The van der Waals surface area contributed by atoms with Crippen LogP contribution < -0.4 is 0 Å². The Morgan fingerprint density at radius 1 is 0.453 bits per heavy atom. The molecule has 1 aliphatic rings. The third-order valence-electron chi connectivity index (χ3n) is 11.7. The topological polar surface area (TPSA) is 43.6 Å². The Hall–Kier alpha value is -6.13. The normalized spacial score (nSPS) is 14.9. The summed E-state index contributed by atoms with van der Waals surface area (Å²) in [6.07, 6.45) is 2.35. The molecule has 4 heteroatoms. The van der Waals surface area contributed by atoms with Crippen molar-refractivity contribution in [1.29, 1.82) is 0 Å². The highest BCUT2D eigenvalue weighted by atomic mass is 15.0. The Morgan fingerprint density at radius 2 is 1.00 bits per heavy atom. The molecule has 4 nitrogen and oxygen atoms in total. The van der Waals surface area contributed by atoms with Crippen LogP contribution in [0.4, 0.5) is 0 Å². The lowest BCUT2D eigenvalue weighted by atomic mass is 9.63. The molecule has 0 bridgehead atoms. The largest absolute Gasteiger partial charge is 0.309 e. The Morgan fingerprint density at radius 3 is 1.66 bits per heavy atom. The molecule has 0 fully saturated rings. The molecule has 256 valence electrons. The molecule has 0 radical (unpaired) electrons. The van der Waals surface area contributed by atoms with Crippen molar-refractivity contribution in [3.8, 4) is 39.9 Å². The highest BCUT2D eigenvalue weighted by molar-refractivity contribution is 6.22. The molecule has 0 saturated carbocycles. The van der Waals surface area contributed by atoms with E-state index in [0.717, 1.165) is 33.2 Å². The predicted molar refractivity (Wildman–Crippen MR) is 221 cm³/mol.